The van der Waals surface area contributed by atoms with E-state index < -0.39 is 6.04 Å². The fraction of sp³-hybridized carbons (Fsp3) is 0.596. The van der Waals surface area contributed by atoms with Crippen molar-refractivity contribution in [2.24, 2.45) is 5.73 Å². The average Bonchev–Trinajstić information content (AvgIpc) is 3.30. The average molecular weight is 901 g/mol. The van der Waals surface area contributed by atoms with Crippen molar-refractivity contribution >= 4 is 17.6 Å². The summed E-state index contributed by atoms with van der Waals surface area (Å²) in [4.78, 5) is 39.2. The predicted octanol–water partition coefficient (Wildman–Crippen LogP) is 7.95. The second kappa shape index (κ2) is 36.8. The highest BCUT2D eigenvalue weighted by Gasteiger charge is 2.21. The van der Waals surface area contributed by atoms with Gasteiger partial charge in [0.05, 0.1) is 45.7 Å². The molecule has 2 aromatic carbocycles. The summed E-state index contributed by atoms with van der Waals surface area (Å²) in [5.41, 5.74) is 6.00. The maximum atomic E-state index is 13.4. The van der Waals surface area contributed by atoms with Crippen LogP contribution in [-0.2, 0) is 9.59 Å². The zero-order chi connectivity index (χ0) is 47.2. The number of nitrogens with one attached hydrogen (secondary N) is 3. The highest BCUT2D eigenvalue weighted by atomic mass is 16.5. The number of nitrogens with two attached hydrogens (primary N) is 1. The van der Waals surface area contributed by atoms with Crippen molar-refractivity contribution in [1.29, 1.82) is 0 Å². The monoisotopic (exact) mass is 901 g/mol. The van der Waals surface area contributed by atoms with E-state index in [0.29, 0.717) is 138 Å². The number of rotatable bonds is 40. The lowest BCUT2D eigenvalue weighted by Gasteiger charge is -2.19. The van der Waals surface area contributed by atoms with Crippen molar-refractivity contribution in [2.45, 2.75) is 135 Å². The Balaban J connectivity index is 1.82. The van der Waals surface area contributed by atoms with Gasteiger partial charge < -0.3 is 50.1 Å². The molecular weight excluding hydrogens is 825 g/mol. The molecule has 0 saturated carbocycles. The van der Waals surface area contributed by atoms with Crippen molar-refractivity contribution in [3.05, 3.63) is 35.9 Å². The second-order valence-electron chi connectivity index (χ2n) is 15.6. The van der Waals surface area contributed by atoms with Crippen LogP contribution in [0.3, 0.4) is 0 Å². The molecule has 0 saturated heterocycles. The minimum Gasteiger partial charge on any atom is -0.493 e. The summed E-state index contributed by atoms with van der Waals surface area (Å²) in [6, 6.07) is 8.33. The number of terminal acetylenes is 3. The number of carbonyl (C=O) groups is 3. The first-order valence-electron chi connectivity index (χ1n) is 23.6. The van der Waals surface area contributed by atoms with Crippen molar-refractivity contribution in [3.8, 4) is 71.5 Å². The first-order chi connectivity index (χ1) is 31.8. The van der Waals surface area contributed by atoms with Crippen molar-refractivity contribution in [1.82, 2.24) is 16.0 Å². The number of likely N-dealkylation sites (N-methyl/N-ethyl adjacent to an activating group) is 1. The first kappa shape index (κ1) is 55.6. The fourth-order valence-corrected chi connectivity index (χ4v) is 6.37. The topological polar surface area (TPSA) is 169 Å². The smallest absolute Gasteiger partial charge is 0.251 e. The van der Waals surface area contributed by atoms with Crippen LogP contribution in [-0.4, -0.2) is 90.0 Å². The van der Waals surface area contributed by atoms with Gasteiger partial charge in [-0.1, -0.05) is 26.2 Å². The van der Waals surface area contributed by atoms with Crippen LogP contribution in [0.1, 0.15) is 139 Å². The van der Waals surface area contributed by atoms with Gasteiger partial charge in [0, 0.05) is 69.0 Å². The van der Waals surface area contributed by atoms with Gasteiger partial charge in [-0.05, 0) is 96.4 Å². The molecule has 1 atom stereocenters. The number of ketones is 1. The van der Waals surface area contributed by atoms with E-state index >= 15 is 0 Å². The summed E-state index contributed by atoms with van der Waals surface area (Å²) in [6.07, 6.45) is 29.7. The van der Waals surface area contributed by atoms with Gasteiger partial charge in [0.25, 0.3) is 5.91 Å². The second-order valence-corrected chi connectivity index (χ2v) is 15.6. The number of Topliss-reactive ketones (excluding diaryl/α,β-unsaturated/α-hetero) is 1. The summed E-state index contributed by atoms with van der Waals surface area (Å²) < 4.78 is 36.2. The van der Waals surface area contributed by atoms with Crippen molar-refractivity contribution in [2.75, 3.05) is 66.3 Å². The molecule has 0 fully saturated rings. The largest absolute Gasteiger partial charge is 0.493 e. The van der Waals surface area contributed by atoms with Gasteiger partial charge in [-0.2, -0.15) is 0 Å². The molecule has 0 aliphatic rings. The van der Waals surface area contributed by atoms with Crippen LogP contribution in [0.2, 0.25) is 0 Å². The van der Waals surface area contributed by atoms with Gasteiger partial charge in [0.1, 0.15) is 23.0 Å². The van der Waals surface area contributed by atoms with Gasteiger partial charge in [-0.15, -0.1) is 37.0 Å². The minimum absolute atomic E-state index is 0.00653. The van der Waals surface area contributed by atoms with Gasteiger partial charge in [0.2, 0.25) is 11.7 Å². The first-order valence-corrected chi connectivity index (χ1v) is 23.6. The van der Waals surface area contributed by atoms with Gasteiger partial charge in [0.15, 0.2) is 11.5 Å². The lowest BCUT2D eigenvalue weighted by Crippen LogP contribution is -2.39. The highest BCUT2D eigenvalue weighted by molar-refractivity contribution is 5.95. The summed E-state index contributed by atoms with van der Waals surface area (Å²) in [6.45, 7) is 6.25. The van der Waals surface area contributed by atoms with E-state index in [4.69, 9.17) is 53.4 Å². The SMILES string of the molecule is C#CCCCCOc1cc(C(=O)NCCCCCCC(=O)[C@H](CC(=O)NCCCOc2cc(OCCCC)cc(OCCCN)c2)NC)cc(OCCCCC#C)c1OCCCCC#C. The lowest BCUT2D eigenvalue weighted by atomic mass is 10.0. The molecule has 65 heavy (non-hydrogen) atoms. The molecule has 13 heteroatoms. The molecule has 5 N–H and O–H groups in total. The van der Waals surface area contributed by atoms with E-state index in [9.17, 15) is 14.4 Å². The third-order valence-electron chi connectivity index (χ3n) is 10.1. The molecule has 2 amide bonds. The Bertz CT molecular complexity index is 1710. The summed E-state index contributed by atoms with van der Waals surface area (Å²) in [7, 11) is 1.69. The Hall–Kier alpha value is -5.55. The number of amides is 2. The van der Waals surface area contributed by atoms with E-state index in [0.717, 1.165) is 77.0 Å². The predicted molar refractivity (Wildman–Crippen MR) is 258 cm³/mol. The van der Waals surface area contributed by atoms with Crippen LogP contribution in [0.25, 0.3) is 0 Å². The normalized spacial score (nSPS) is 11.0. The van der Waals surface area contributed by atoms with Crippen LogP contribution in [0, 0.1) is 37.0 Å². The molecule has 2 aromatic rings. The maximum Gasteiger partial charge on any atom is 0.251 e. The van der Waals surface area contributed by atoms with Gasteiger partial charge in [-0.3, -0.25) is 14.4 Å². The number of hydrogen-bond acceptors (Lipinski definition) is 11. The van der Waals surface area contributed by atoms with Crippen LogP contribution < -0.4 is 50.1 Å². The van der Waals surface area contributed by atoms with Crippen molar-refractivity contribution in [3.63, 3.8) is 0 Å². The van der Waals surface area contributed by atoms with Crippen LogP contribution >= 0.6 is 0 Å². The maximum absolute atomic E-state index is 13.4. The molecule has 0 radical (unpaired) electrons. The molecule has 0 bridgehead atoms. The molecule has 0 heterocycles. The number of hydrogen-bond donors (Lipinski definition) is 4. The van der Waals surface area contributed by atoms with Gasteiger partial charge >= 0.3 is 0 Å². The Labute approximate surface area is 389 Å². The third kappa shape index (κ3) is 25.5. The van der Waals surface area contributed by atoms with Crippen LogP contribution in [0.15, 0.2) is 30.3 Å². The third-order valence-corrected chi connectivity index (χ3v) is 10.1. The van der Waals surface area contributed by atoms with Crippen LogP contribution in [0.4, 0.5) is 0 Å². The minimum atomic E-state index is -0.572. The Morgan fingerprint density at radius 1 is 0.585 bits per heavy atom. The molecule has 0 spiro atoms. The number of benzene rings is 2. The van der Waals surface area contributed by atoms with E-state index in [1.54, 1.807) is 19.2 Å². The molecule has 358 valence electrons. The van der Waals surface area contributed by atoms with E-state index in [-0.39, 0.29) is 24.0 Å². The lowest BCUT2D eigenvalue weighted by molar-refractivity contribution is -0.127. The molecular formula is C52H76N4O9. The summed E-state index contributed by atoms with van der Waals surface area (Å²) >= 11 is 0. The van der Waals surface area contributed by atoms with Crippen LogP contribution in [0.5, 0.6) is 34.5 Å². The molecule has 0 aromatic heterocycles. The Morgan fingerprint density at radius 3 is 1.60 bits per heavy atom. The Kier molecular flexibility index (Phi) is 31.4. The summed E-state index contributed by atoms with van der Waals surface area (Å²) in [5, 5.41) is 8.91. The van der Waals surface area contributed by atoms with E-state index in [2.05, 4.69) is 40.6 Å². The number of ether oxygens (including phenoxy) is 6. The quantitative estimate of drug-likeness (QED) is 0.0379. The molecule has 13 nitrogen and oxygen atoms in total. The zero-order valence-electron chi connectivity index (χ0n) is 39.2. The Morgan fingerprint density at radius 2 is 1.08 bits per heavy atom. The summed E-state index contributed by atoms with van der Waals surface area (Å²) in [5.74, 6) is 10.8. The number of unbranched alkanes of at least 4 members (excludes halogenated alkanes) is 10. The zero-order valence-corrected chi connectivity index (χ0v) is 39.2. The molecule has 0 aliphatic heterocycles. The molecule has 0 aliphatic carbocycles. The molecule has 0 unspecified atom stereocenters. The fourth-order valence-electron chi connectivity index (χ4n) is 6.37. The molecule has 2 rings (SSSR count). The van der Waals surface area contributed by atoms with Gasteiger partial charge in [-0.25, -0.2) is 0 Å². The van der Waals surface area contributed by atoms with Crippen molar-refractivity contribution < 1.29 is 42.8 Å². The standard InChI is InChI=1S/C52H76N4O9/c1-6-10-14-21-31-63-48-36-42(37-49(64-32-22-15-11-7-2)51(48)65-33-23-16-12-8-3)52(59)56-28-20-18-17-19-26-47(57)46(54-5)41-50(58)55-29-25-35-62-45-39-43(60-30-13-9-4)38-44(40-45)61-34-24-27-53/h1-3,36-40,46,54H,9-35,41,53H2,4-5H3,(H,55,58)(H,56,59)/t46-/m0/s1. The van der Waals surface area contributed by atoms with E-state index in [1.807, 2.05) is 18.2 Å². The highest BCUT2D eigenvalue weighted by Crippen LogP contribution is 2.40. The van der Waals surface area contributed by atoms with E-state index in [1.165, 1.54) is 0 Å². The number of carbonyl (C=O) groups excluding carboxylic acids is 3.